The first-order valence-electron chi connectivity index (χ1n) is 10.1. The van der Waals surface area contributed by atoms with Gasteiger partial charge < -0.3 is 20.1 Å². The lowest BCUT2D eigenvalue weighted by Gasteiger charge is -2.63. The van der Waals surface area contributed by atoms with Crippen LogP contribution >= 0.6 is 0 Å². The Hall–Kier alpha value is -1.75. The first kappa shape index (κ1) is 17.7. The highest BCUT2D eigenvalue weighted by Gasteiger charge is 2.66. The molecule has 26 heavy (non-hydrogen) atoms. The van der Waals surface area contributed by atoms with Gasteiger partial charge in [0.2, 0.25) is 0 Å². The summed E-state index contributed by atoms with van der Waals surface area (Å²) in [6, 6.07) is 8.78. The second-order valence-electron chi connectivity index (χ2n) is 7.81. The van der Waals surface area contributed by atoms with Gasteiger partial charge in [-0.15, -0.1) is 0 Å². The molecule has 0 bridgehead atoms. The molecule has 2 saturated carbocycles. The SMILES string of the molecule is CCNC(=NCCc1ccc(OC)cc1)NC1C2CCOC2C12CCC2. The zero-order valence-electron chi connectivity index (χ0n) is 16.0. The Labute approximate surface area is 156 Å². The van der Waals surface area contributed by atoms with E-state index in [9.17, 15) is 0 Å². The largest absolute Gasteiger partial charge is 0.497 e. The van der Waals surface area contributed by atoms with Gasteiger partial charge in [0.25, 0.3) is 0 Å². The van der Waals surface area contributed by atoms with Gasteiger partial charge >= 0.3 is 0 Å². The molecule has 3 atom stereocenters. The van der Waals surface area contributed by atoms with Gasteiger partial charge in [-0.05, 0) is 50.3 Å². The van der Waals surface area contributed by atoms with Crippen molar-refractivity contribution < 1.29 is 9.47 Å². The van der Waals surface area contributed by atoms with Crippen molar-refractivity contribution in [2.45, 2.75) is 51.2 Å². The van der Waals surface area contributed by atoms with Crippen LogP contribution in [0.15, 0.2) is 29.3 Å². The van der Waals surface area contributed by atoms with E-state index in [0.29, 0.717) is 23.5 Å². The summed E-state index contributed by atoms with van der Waals surface area (Å²) in [5.41, 5.74) is 1.67. The number of rotatable bonds is 6. The van der Waals surface area contributed by atoms with Gasteiger partial charge in [0.1, 0.15) is 5.75 Å². The molecule has 3 fully saturated rings. The van der Waals surface area contributed by atoms with Gasteiger partial charge in [-0.2, -0.15) is 0 Å². The molecule has 3 aliphatic rings. The molecule has 0 amide bonds. The number of aliphatic imine (C=N–C) groups is 1. The maximum Gasteiger partial charge on any atom is 0.191 e. The van der Waals surface area contributed by atoms with Crippen LogP contribution in [-0.2, 0) is 11.2 Å². The minimum absolute atomic E-state index is 0.382. The summed E-state index contributed by atoms with van der Waals surface area (Å²) in [4.78, 5) is 4.83. The van der Waals surface area contributed by atoms with Gasteiger partial charge in [0.15, 0.2) is 5.96 Å². The number of ether oxygens (including phenoxy) is 2. The van der Waals surface area contributed by atoms with E-state index in [2.05, 4.69) is 29.7 Å². The molecule has 4 rings (SSSR count). The summed E-state index contributed by atoms with van der Waals surface area (Å²) in [5.74, 6) is 2.53. The van der Waals surface area contributed by atoms with Crippen LogP contribution in [0.25, 0.3) is 0 Å². The van der Waals surface area contributed by atoms with Gasteiger partial charge in [0.05, 0.1) is 13.2 Å². The molecule has 142 valence electrons. The zero-order chi connectivity index (χ0) is 18.0. The molecule has 0 radical (unpaired) electrons. The Balaban J connectivity index is 1.36. The Morgan fingerprint density at radius 1 is 1.31 bits per heavy atom. The number of hydrogen-bond donors (Lipinski definition) is 2. The fourth-order valence-corrected chi connectivity index (χ4v) is 5.01. The van der Waals surface area contributed by atoms with Crippen molar-refractivity contribution in [3.05, 3.63) is 29.8 Å². The molecule has 2 aliphatic carbocycles. The van der Waals surface area contributed by atoms with Gasteiger partial charge in [0, 0.05) is 37.1 Å². The number of guanidine groups is 1. The average Bonchev–Trinajstić information content (AvgIpc) is 3.04. The molecular weight excluding hydrogens is 326 g/mol. The molecule has 3 unspecified atom stereocenters. The second kappa shape index (κ2) is 7.47. The summed E-state index contributed by atoms with van der Waals surface area (Å²) in [7, 11) is 1.70. The van der Waals surface area contributed by atoms with Crippen LogP contribution in [0.4, 0.5) is 0 Å². The predicted molar refractivity (Wildman–Crippen MR) is 104 cm³/mol. The van der Waals surface area contributed by atoms with Crippen LogP contribution in [0.3, 0.4) is 0 Å². The van der Waals surface area contributed by atoms with E-state index >= 15 is 0 Å². The van der Waals surface area contributed by atoms with Gasteiger partial charge in [-0.1, -0.05) is 18.6 Å². The highest BCUT2D eigenvalue weighted by atomic mass is 16.5. The molecule has 1 heterocycles. The molecule has 0 aromatic heterocycles. The van der Waals surface area contributed by atoms with Gasteiger partial charge in [-0.25, -0.2) is 0 Å². The van der Waals surface area contributed by atoms with Crippen LogP contribution < -0.4 is 15.4 Å². The highest BCUT2D eigenvalue weighted by Crippen LogP contribution is 2.62. The maximum atomic E-state index is 6.03. The number of benzene rings is 1. The van der Waals surface area contributed by atoms with E-state index in [1.807, 2.05) is 12.1 Å². The van der Waals surface area contributed by atoms with Crippen LogP contribution in [-0.4, -0.2) is 44.9 Å². The number of methoxy groups -OCH3 is 1. The first-order valence-corrected chi connectivity index (χ1v) is 10.1. The summed E-state index contributed by atoms with van der Waals surface area (Å²) in [5, 5.41) is 7.19. The number of nitrogens with zero attached hydrogens (tertiary/aromatic N) is 1. The maximum absolute atomic E-state index is 6.03. The van der Waals surface area contributed by atoms with E-state index < -0.39 is 0 Å². The normalized spacial score (nSPS) is 28.8. The monoisotopic (exact) mass is 357 g/mol. The zero-order valence-corrected chi connectivity index (χ0v) is 16.0. The molecule has 1 saturated heterocycles. The van der Waals surface area contributed by atoms with E-state index in [1.165, 1.54) is 31.2 Å². The third kappa shape index (κ3) is 3.07. The van der Waals surface area contributed by atoms with Gasteiger partial charge in [-0.3, -0.25) is 4.99 Å². The molecule has 5 nitrogen and oxygen atoms in total. The van der Waals surface area contributed by atoms with Crippen molar-refractivity contribution in [2.24, 2.45) is 16.3 Å². The fourth-order valence-electron chi connectivity index (χ4n) is 5.01. The Bertz CT molecular complexity index is 639. The lowest BCUT2D eigenvalue weighted by molar-refractivity contribution is -0.171. The first-order chi connectivity index (χ1) is 12.8. The van der Waals surface area contributed by atoms with E-state index in [-0.39, 0.29) is 0 Å². The molecule has 1 aliphatic heterocycles. The molecule has 2 N–H and O–H groups in total. The fraction of sp³-hybridized carbons (Fsp3) is 0.667. The van der Waals surface area contributed by atoms with E-state index in [0.717, 1.165) is 37.8 Å². The van der Waals surface area contributed by atoms with Crippen LogP contribution in [0.2, 0.25) is 0 Å². The summed E-state index contributed by atoms with van der Waals surface area (Å²) >= 11 is 0. The third-order valence-corrected chi connectivity index (χ3v) is 6.50. The second-order valence-corrected chi connectivity index (χ2v) is 7.81. The Kier molecular flexibility index (Phi) is 5.07. The molecule has 1 aromatic carbocycles. The van der Waals surface area contributed by atoms with Crippen molar-refractivity contribution in [2.75, 3.05) is 26.8 Å². The molecule has 5 heteroatoms. The minimum Gasteiger partial charge on any atom is -0.497 e. The summed E-state index contributed by atoms with van der Waals surface area (Å²) in [6.45, 7) is 4.73. The number of hydrogen-bond acceptors (Lipinski definition) is 3. The predicted octanol–water partition coefficient (Wildman–Crippen LogP) is 2.75. The lowest BCUT2D eigenvalue weighted by Crippen LogP contribution is -2.72. The standard InChI is InChI=1S/C21H31N3O2/c1-3-22-20(23-13-9-15-5-7-16(25-2)8-6-15)24-18-17-10-14-26-19(17)21(18)11-4-12-21/h5-8,17-19H,3-4,9-14H2,1-2H3,(H2,22,23,24). The number of fused-ring (bicyclic) bond motifs is 2. The molecular formula is C21H31N3O2. The van der Waals surface area contributed by atoms with Crippen molar-refractivity contribution >= 4 is 5.96 Å². The molecule has 1 aromatic rings. The van der Waals surface area contributed by atoms with Crippen LogP contribution in [0, 0.1) is 11.3 Å². The smallest absolute Gasteiger partial charge is 0.191 e. The number of nitrogens with one attached hydrogen (secondary N) is 2. The van der Waals surface area contributed by atoms with Crippen molar-refractivity contribution in [1.29, 1.82) is 0 Å². The van der Waals surface area contributed by atoms with Crippen LogP contribution in [0.1, 0.15) is 38.2 Å². The quantitative estimate of drug-likeness (QED) is 0.607. The van der Waals surface area contributed by atoms with Crippen molar-refractivity contribution in [3.8, 4) is 5.75 Å². The average molecular weight is 357 g/mol. The Morgan fingerprint density at radius 3 is 2.77 bits per heavy atom. The topological polar surface area (TPSA) is 54.9 Å². The third-order valence-electron chi connectivity index (χ3n) is 6.50. The summed E-state index contributed by atoms with van der Waals surface area (Å²) < 4.78 is 11.2. The molecule has 1 spiro atoms. The van der Waals surface area contributed by atoms with Crippen molar-refractivity contribution in [1.82, 2.24) is 10.6 Å². The summed E-state index contributed by atoms with van der Waals surface area (Å²) in [6.07, 6.45) is 6.57. The van der Waals surface area contributed by atoms with Crippen LogP contribution in [0.5, 0.6) is 5.75 Å². The lowest BCUT2D eigenvalue weighted by atomic mass is 9.46. The van der Waals surface area contributed by atoms with Crippen molar-refractivity contribution in [3.63, 3.8) is 0 Å². The Morgan fingerprint density at radius 2 is 2.12 bits per heavy atom. The minimum atomic E-state index is 0.382. The van der Waals surface area contributed by atoms with E-state index in [4.69, 9.17) is 14.5 Å². The van der Waals surface area contributed by atoms with E-state index in [1.54, 1.807) is 7.11 Å². The highest BCUT2D eigenvalue weighted by molar-refractivity contribution is 5.80.